The first kappa shape index (κ1) is 19.4. The monoisotopic (exact) mass is 361 g/mol. The number of rotatable bonds is 5. The molecule has 2 N–H and O–H groups in total. The van der Waals surface area contributed by atoms with E-state index in [4.69, 9.17) is 0 Å². The van der Waals surface area contributed by atoms with E-state index in [2.05, 4.69) is 10.6 Å². The predicted molar refractivity (Wildman–Crippen MR) is 98.2 cm³/mol. The first-order valence-electron chi connectivity index (χ1n) is 7.96. The summed E-state index contributed by atoms with van der Waals surface area (Å²) in [4.78, 5) is 26.8. The van der Waals surface area contributed by atoms with Gasteiger partial charge in [0.05, 0.1) is 5.69 Å². The topological polar surface area (TPSA) is 61.4 Å². The van der Waals surface area contributed by atoms with Crippen molar-refractivity contribution in [3.05, 3.63) is 54.1 Å². The van der Waals surface area contributed by atoms with Gasteiger partial charge in [0.1, 0.15) is 17.0 Å². The molecule has 0 aliphatic rings. The van der Waals surface area contributed by atoms with Gasteiger partial charge in [0.25, 0.3) is 0 Å². The highest BCUT2D eigenvalue weighted by Crippen LogP contribution is 2.24. The maximum Gasteiger partial charge on any atom is 0.239 e. The molecule has 7 heteroatoms. The van der Waals surface area contributed by atoms with E-state index in [0.29, 0.717) is 11.8 Å². The van der Waals surface area contributed by atoms with Crippen molar-refractivity contribution in [3.63, 3.8) is 0 Å². The van der Waals surface area contributed by atoms with Crippen molar-refractivity contribution in [2.45, 2.75) is 13.8 Å². The van der Waals surface area contributed by atoms with Gasteiger partial charge in [0.2, 0.25) is 11.8 Å². The number of hydrogen-bond acceptors (Lipinski definition) is 3. The number of nitrogens with zero attached hydrogens (tertiary/aromatic N) is 1. The molecule has 0 fully saturated rings. The minimum Gasteiger partial charge on any atom is -0.378 e. The van der Waals surface area contributed by atoms with Crippen LogP contribution in [0.3, 0.4) is 0 Å². The quantitative estimate of drug-likeness (QED) is 0.800. The van der Waals surface area contributed by atoms with Gasteiger partial charge in [-0.05, 0) is 50.2 Å². The van der Waals surface area contributed by atoms with E-state index in [1.54, 1.807) is 12.1 Å². The molecule has 0 saturated heterocycles. The lowest BCUT2D eigenvalue weighted by molar-refractivity contribution is -0.135. The first-order valence-corrected chi connectivity index (χ1v) is 7.96. The first-order chi connectivity index (χ1) is 12.1. The van der Waals surface area contributed by atoms with Crippen LogP contribution in [0.25, 0.3) is 0 Å². The molecule has 0 heterocycles. The molecular weight excluding hydrogens is 340 g/mol. The Morgan fingerprint density at radius 1 is 0.923 bits per heavy atom. The second-order valence-electron chi connectivity index (χ2n) is 6.60. The van der Waals surface area contributed by atoms with Gasteiger partial charge in [-0.2, -0.15) is 0 Å². The van der Waals surface area contributed by atoms with Gasteiger partial charge in [-0.15, -0.1) is 0 Å². The van der Waals surface area contributed by atoms with Crippen LogP contribution in [0.2, 0.25) is 0 Å². The lowest BCUT2D eigenvalue weighted by Gasteiger charge is -2.23. The highest BCUT2D eigenvalue weighted by Gasteiger charge is 2.36. The molecule has 0 aliphatic heterocycles. The number of carbonyl (C=O) groups is 2. The molecule has 0 aliphatic carbocycles. The summed E-state index contributed by atoms with van der Waals surface area (Å²) >= 11 is 0. The Morgan fingerprint density at radius 3 is 2.04 bits per heavy atom. The highest BCUT2D eigenvalue weighted by atomic mass is 19.1. The van der Waals surface area contributed by atoms with E-state index in [0.717, 1.165) is 17.8 Å². The van der Waals surface area contributed by atoms with Crippen molar-refractivity contribution in [2.24, 2.45) is 5.41 Å². The van der Waals surface area contributed by atoms with Gasteiger partial charge >= 0.3 is 0 Å². The number of benzene rings is 2. The van der Waals surface area contributed by atoms with Crippen molar-refractivity contribution in [2.75, 3.05) is 29.6 Å². The van der Waals surface area contributed by atoms with Gasteiger partial charge in [-0.1, -0.05) is 0 Å². The van der Waals surface area contributed by atoms with E-state index in [1.807, 2.05) is 31.1 Å². The maximum absolute atomic E-state index is 13.7. The molecule has 138 valence electrons. The van der Waals surface area contributed by atoms with Gasteiger partial charge in [-0.3, -0.25) is 9.59 Å². The largest absolute Gasteiger partial charge is 0.378 e. The van der Waals surface area contributed by atoms with Crippen LogP contribution >= 0.6 is 0 Å². The zero-order chi connectivity index (χ0) is 19.5. The third-order valence-electron chi connectivity index (χ3n) is 3.96. The molecule has 2 amide bonds. The van der Waals surface area contributed by atoms with Gasteiger partial charge in [0, 0.05) is 31.5 Å². The fourth-order valence-corrected chi connectivity index (χ4v) is 2.10. The Morgan fingerprint density at radius 2 is 1.50 bits per heavy atom. The normalized spacial score (nSPS) is 11.0. The fraction of sp³-hybridized carbons (Fsp3) is 0.263. The third-order valence-corrected chi connectivity index (χ3v) is 3.96. The lowest BCUT2D eigenvalue weighted by atomic mass is 9.90. The summed E-state index contributed by atoms with van der Waals surface area (Å²) in [6.07, 6.45) is 0. The molecule has 0 bridgehead atoms. The molecule has 0 unspecified atom stereocenters. The molecule has 26 heavy (non-hydrogen) atoms. The molecule has 0 saturated carbocycles. The Hall–Kier alpha value is -2.96. The van der Waals surface area contributed by atoms with Crippen molar-refractivity contribution in [1.82, 2.24) is 0 Å². The SMILES string of the molecule is CN(C)c1ccc(NC(=O)C(C)(C)C(=O)Nc2ccc(F)cc2F)cc1. The summed E-state index contributed by atoms with van der Waals surface area (Å²) in [5, 5.41) is 4.99. The molecular formula is C19H21F2N3O2. The predicted octanol–water partition coefficient (Wildman–Crippen LogP) is 3.63. The highest BCUT2D eigenvalue weighted by molar-refractivity contribution is 6.14. The number of nitrogens with one attached hydrogen (secondary N) is 2. The second kappa shape index (κ2) is 7.51. The summed E-state index contributed by atoms with van der Waals surface area (Å²) in [5.41, 5.74) is -0.157. The van der Waals surface area contributed by atoms with Crippen LogP contribution in [0.4, 0.5) is 25.8 Å². The maximum atomic E-state index is 13.7. The van der Waals surface area contributed by atoms with Crippen molar-refractivity contribution >= 4 is 28.9 Å². The van der Waals surface area contributed by atoms with Crippen molar-refractivity contribution in [1.29, 1.82) is 0 Å². The van der Waals surface area contributed by atoms with E-state index < -0.39 is 28.9 Å². The van der Waals surface area contributed by atoms with Crippen LogP contribution in [0.15, 0.2) is 42.5 Å². The summed E-state index contributed by atoms with van der Waals surface area (Å²) in [6, 6.07) is 9.90. The number of amides is 2. The average molecular weight is 361 g/mol. The van der Waals surface area contributed by atoms with E-state index in [9.17, 15) is 18.4 Å². The fourth-order valence-electron chi connectivity index (χ4n) is 2.10. The van der Waals surface area contributed by atoms with Crippen molar-refractivity contribution in [3.8, 4) is 0 Å². The summed E-state index contributed by atoms with van der Waals surface area (Å²) in [6.45, 7) is 2.85. The van der Waals surface area contributed by atoms with E-state index in [-0.39, 0.29) is 5.69 Å². The van der Waals surface area contributed by atoms with Gasteiger partial charge in [-0.25, -0.2) is 8.78 Å². The number of halogens is 2. The smallest absolute Gasteiger partial charge is 0.239 e. The summed E-state index contributed by atoms with van der Waals surface area (Å²) in [7, 11) is 3.80. The van der Waals surface area contributed by atoms with Gasteiger partial charge < -0.3 is 15.5 Å². The number of anilines is 3. The molecule has 2 aromatic carbocycles. The summed E-state index contributed by atoms with van der Waals surface area (Å²) in [5.74, 6) is -2.91. The molecule has 0 aromatic heterocycles. The van der Waals surface area contributed by atoms with Crippen molar-refractivity contribution < 1.29 is 18.4 Å². The Labute approximate surface area is 151 Å². The van der Waals surface area contributed by atoms with Crippen LogP contribution in [0.1, 0.15) is 13.8 Å². The van der Waals surface area contributed by atoms with E-state index in [1.165, 1.54) is 13.8 Å². The molecule has 5 nitrogen and oxygen atoms in total. The Bertz CT molecular complexity index is 818. The summed E-state index contributed by atoms with van der Waals surface area (Å²) < 4.78 is 26.6. The zero-order valence-electron chi connectivity index (χ0n) is 15.1. The standard InChI is InChI=1S/C19H21F2N3O2/c1-19(2,18(26)23-16-10-5-12(20)11-15(16)21)17(25)22-13-6-8-14(9-7-13)24(3)4/h5-11H,1-4H3,(H,22,25)(H,23,26). The van der Waals surface area contributed by atoms with Crippen LogP contribution in [-0.4, -0.2) is 25.9 Å². The Kier molecular flexibility index (Phi) is 5.59. The minimum absolute atomic E-state index is 0.187. The van der Waals surface area contributed by atoms with Gasteiger partial charge in [0.15, 0.2) is 0 Å². The number of carbonyl (C=O) groups excluding carboxylic acids is 2. The van der Waals surface area contributed by atoms with Crippen LogP contribution in [0.5, 0.6) is 0 Å². The minimum atomic E-state index is -1.47. The van der Waals surface area contributed by atoms with Crippen LogP contribution in [-0.2, 0) is 9.59 Å². The number of hydrogen-bond donors (Lipinski definition) is 2. The molecule has 2 rings (SSSR count). The van der Waals surface area contributed by atoms with Crippen LogP contribution in [0, 0.1) is 17.0 Å². The zero-order valence-corrected chi connectivity index (χ0v) is 15.1. The molecule has 0 spiro atoms. The Balaban J connectivity index is 2.09. The average Bonchev–Trinajstić information content (AvgIpc) is 2.57. The van der Waals surface area contributed by atoms with E-state index >= 15 is 0 Å². The lowest BCUT2D eigenvalue weighted by Crippen LogP contribution is -2.41. The van der Waals surface area contributed by atoms with Crippen LogP contribution < -0.4 is 15.5 Å². The molecule has 2 aromatic rings. The third kappa shape index (κ3) is 4.36. The second-order valence-corrected chi connectivity index (χ2v) is 6.60. The molecule has 0 atom stereocenters. The molecule has 0 radical (unpaired) electrons.